The summed E-state index contributed by atoms with van der Waals surface area (Å²) in [5, 5.41) is 3.59. The van der Waals surface area contributed by atoms with Crippen molar-refractivity contribution in [3.05, 3.63) is 66.1 Å². The first-order chi connectivity index (χ1) is 14.7. The molecule has 1 aliphatic rings. The number of carbonyl (C=O) groups is 1. The fourth-order valence-electron chi connectivity index (χ4n) is 3.66. The van der Waals surface area contributed by atoms with Gasteiger partial charge in [-0.15, -0.1) is 11.3 Å². The summed E-state index contributed by atoms with van der Waals surface area (Å²) in [7, 11) is 0. The molecule has 0 atom stereocenters. The van der Waals surface area contributed by atoms with E-state index in [4.69, 9.17) is 4.98 Å². The van der Waals surface area contributed by atoms with Crippen molar-refractivity contribution in [2.24, 2.45) is 0 Å². The van der Waals surface area contributed by atoms with Crippen molar-refractivity contribution in [2.45, 2.75) is 19.8 Å². The number of rotatable bonds is 4. The number of nitrogens with zero attached hydrogens (tertiary/aromatic N) is 3. The van der Waals surface area contributed by atoms with E-state index < -0.39 is 0 Å². The molecule has 2 N–H and O–H groups in total. The molecule has 6 nitrogen and oxygen atoms in total. The summed E-state index contributed by atoms with van der Waals surface area (Å²) in [5.74, 6) is 1.15. The largest absolute Gasteiger partial charge is 0.344 e. The Morgan fingerprint density at radius 2 is 2.13 bits per heavy atom. The second kappa shape index (κ2) is 7.68. The number of aryl methyl sites for hydroxylation is 1. The Kier molecular flexibility index (Phi) is 4.72. The van der Waals surface area contributed by atoms with Gasteiger partial charge in [0.25, 0.3) is 0 Å². The standard InChI is InChI=1S/C23H19N5OS/c1-14(29)27-19-13-16(9-10-24-19)23-28-20(21(30-23)22-25-11-12-26-22)18-8-4-6-15-5-2-3-7-17(15)18/h3-4,6-13H,2,5H2,1H3,(H,25,26)(H,24,27,29). The molecule has 0 radical (unpaired) electrons. The van der Waals surface area contributed by atoms with E-state index in [-0.39, 0.29) is 5.91 Å². The van der Waals surface area contributed by atoms with Crippen LogP contribution in [-0.2, 0) is 11.2 Å². The van der Waals surface area contributed by atoms with Crippen LogP contribution in [0.25, 0.3) is 38.6 Å². The van der Waals surface area contributed by atoms with Crippen LogP contribution < -0.4 is 5.32 Å². The Morgan fingerprint density at radius 1 is 1.20 bits per heavy atom. The van der Waals surface area contributed by atoms with Crippen LogP contribution in [0.15, 0.2) is 55.0 Å². The Labute approximate surface area is 177 Å². The van der Waals surface area contributed by atoms with Crippen molar-refractivity contribution >= 4 is 29.1 Å². The number of imidazole rings is 1. The van der Waals surface area contributed by atoms with Gasteiger partial charge in [-0.1, -0.05) is 30.4 Å². The van der Waals surface area contributed by atoms with E-state index in [1.54, 1.807) is 23.7 Å². The maximum absolute atomic E-state index is 11.4. The molecule has 0 aliphatic heterocycles. The lowest BCUT2D eigenvalue weighted by Crippen LogP contribution is -2.07. The van der Waals surface area contributed by atoms with Crippen LogP contribution in [0.1, 0.15) is 24.5 Å². The average Bonchev–Trinajstić information content (AvgIpc) is 3.43. The quantitative estimate of drug-likeness (QED) is 0.483. The van der Waals surface area contributed by atoms with Gasteiger partial charge < -0.3 is 10.3 Å². The van der Waals surface area contributed by atoms with Crippen LogP contribution in [0.2, 0.25) is 0 Å². The van der Waals surface area contributed by atoms with Gasteiger partial charge >= 0.3 is 0 Å². The molecule has 30 heavy (non-hydrogen) atoms. The fraction of sp³-hybridized carbons (Fsp3) is 0.130. The number of hydrogen-bond acceptors (Lipinski definition) is 5. The zero-order valence-electron chi connectivity index (χ0n) is 16.3. The molecule has 0 fully saturated rings. The summed E-state index contributed by atoms with van der Waals surface area (Å²) in [6, 6.07) is 10.1. The van der Waals surface area contributed by atoms with Crippen molar-refractivity contribution in [1.29, 1.82) is 0 Å². The van der Waals surface area contributed by atoms with E-state index in [9.17, 15) is 4.79 Å². The van der Waals surface area contributed by atoms with Crippen LogP contribution in [0.4, 0.5) is 5.82 Å². The second-order valence-electron chi connectivity index (χ2n) is 7.06. The van der Waals surface area contributed by atoms with Crippen LogP contribution in [0.5, 0.6) is 0 Å². The SMILES string of the molecule is CC(=O)Nc1cc(-c2nc(-c3cccc4c3C=CCC4)c(-c3ncc[nH]3)s2)ccn1. The number of pyridine rings is 1. The lowest BCUT2D eigenvalue weighted by Gasteiger charge is -2.14. The molecule has 148 valence electrons. The van der Waals surface area contributed by atoms with E-state index in [0.29, 0.717) is 5.82 Å². The Morgan fingerprint density at radius 3 is 2.97 bits per heavy atom. The first-order valence-electron chi connectivity index (χ1n) is 9.72. The van der Waals surface area contributed by atoms with Gasteiger partial charge in [0.2, 0.25) is 5.91 Å². The van der Waals surface area contributed by atoms with Crippen molar-refractivity contribution < 1.29 is 4.79 Å². The number of aromatic amines is 1. The molecule has 0 spiro atoms. The molecule has 5 rings (SSSR count). The van der Waals surface area contributed by atoms with Crippen LogP contribution in [0.3, 0.4) is 0 Å². The number of H-pyrrole nitrogens is 1. The summed E-state index contributed by atoms with van der Waals surface area (Å²) in [5.41, 5.74) is 5.48. The molecular weight excluding hydrogens is 394 g/mol. The zero-order chi connectivity index (χ0) is 20.5. The molecule has 4 aromatic rings. The molecule has 3 heterocycles. The van der Waals surface area contributed by atoms with E-state index in [2.05, 4.69) is 50.6 Å². The van der Waals surface area contributed by atoms with E-state index in [1.807, 2.05) is 18.3 Å². The maximum Gasteiger partial charge on any atom is 0.222 e. The lowest BCUT2D eigenvalue weighted by atomic mass is 9.91. The number of nitrogens with one attached hydrogen (secondary N) is 2. The van der Waals surface area contributed by atoms with Crippen molar-refractivity contribution in [3.8, 4) is 32.5 Å². The van der Waals surface area contributed by atoms with Crippen LogP contribution >= 0.6 is 11.3 Å². The van der Waals surface area contributed by atoms with Gasteiger partial charge in [0.1, 0.15) is 16.6 Å². The third-order valence-electron chi connectivity index (χ3n) is 4.97. The lowest BCUT2D eigenvalue weighted by molar-refractivity contribution is -0.114. The highest BCUT2D eigenvalue weighted by molar-refractivity contribution is 7.18. The fourth-order valence-corrected chi connectivity index (χ4v) is 4.70. The molecule has 1 aromatic carbocycles. The molecule has 0 unspecified atom stereocenters. The summed E-state index contributed by atoms with van der Waals surface area (Å²) < 4.78 is 0. The Bertz CT molecular complexity index is 1260. The summed E-state index contributed by atoms with van der Waals surface area (Å²) >= 11 is 1.57. The smallest absolute Gasteiger partial charge is 0.222 e. The predicted molar refractivity (Wildman–Crippen MR) is 120 cm³/mol. The summed E-state index contributed by atoms with van der Waals surface area (Å²) in [6.07, 6.45) is 11.8. The first kappa shape index (κ1) is 18.4. The number of allylic oxidation sites excluding steroid dienone is 1. The van der Waals surface area contributed by atoms with Gasteiger partial charge in [-0.25, -0.2) is 15.0 Å². The van der Waals surface area contributed by atoms with Crippen molar-refractivity contribution in [1.82, 2.24) is 19.9 Å². The number of hydrogen-bond donors (Lipinski definition) is 2. The topological polar surface area (TPSA) is 83.6 Å². The van der Waals surface area contributed by atoms with Gasteiger partial charge in [0, 0.05) is 36.6 Å². The number of benzene rings is 1. The number of carbonyl (C=O) groups excluding carboxylic acids is 1. The third kappa shape index (κ3) is 3.44. The molecule has 3 aromatic heterocycles. The first-order valence-corrected chi connectivity index (χ1v) is 10.5. The maximum atomic E-state index is 11.4. The second-order valence-corrected chi connectivity index (χ2v) is 8.06. The normalized spacial score (nSPS) is 12.6. The molecule has 0 saturated heterocycles. The van der Waals surface area contributed by atoms with Gasteiger partial charge in [-0.3, -0.25) is 4.79 Å². The molecule has 0 saturated carbocycles. The van der Waals surface area contributed by atoms with Gasteiger partial charge in [0.15, 0.2) is 0 Å². The van der Waals surface area contributed by atoms with Crippen LogP contribution in [0, 0.1) is 0 Å². The van der Waals surface area contributed by atoms with Gasteiger partial charge in [0.05, 0.1) is 10.6 Å². The van der Waals surface area contributed by atoms with E-state index in [0.717, 1.165) is 45.4 Å². The number of amides is 1. The number of aromatic nitrogens is 4. The average molecular weight is 414 g/mol. The molecule has 0 bridgehead atoms. The number of anilines is 1. The van der Waals surface area contributed by atoms with Crippen molar-refractivity contribution in [3.63, 3.8) is 0 Å². The summed E-state index contributed by atoms with van der Waals surface area (Å²) in [6.45, 7) is 1.47. The highest BCUT2D eigenvalue weighted by atomic mass is 32.1. The Balaban J connectivity index is 1.67. The zero-order valence-corrected chi connectivity index (χ0v) is 17.2. The minimum Gasteiger partial charge on any atom is -0.344 e. The summed E-state index contributed by atoms with van der Waals surface area (Å²) in [4.78, 5) is 29.3. The van der Waals surface area contributed by atoms with Crippen LogP contribution in [-0.4, -0.2) is 25.8 Å². The minimum atomic E-state index is -0.154. The Hall–Kier alpha value is -3.58. The third-order valence-corrected chi connectivity index (χ3v) is 6.08. The monoisotopic (exact) mass is 413 g/mol. The van der Waals surface area contributed by atoms with E-state index in [1.165, 1.54) is 18.1 Å². The molecule has 1 aliphatic carbocycles. The molecular formula is C23H19N5OS. The number of fused-ring (bicyclic) bond motifs is 1. The molecule has 7 heteroatoms. The number of thiazole rings is 1. The minimum absolute atomic E-state index is 0.154. The van der Waals surface area contributed by atoms with Crippen molar-refractivity contribution in [2.75, 3.05) is 5.32 Å². The highest BCUT2D eigenvalue weighted by Crippen LogP contribution is 2.42. The highest BCUT2D eigenvalue weighted by Gasteiger charge is 2.21. The predicted octanol–water partition coefficient (Wildman–Crippen LogP) is 5.18. The van der Waals surface area contributed by atoms with Gasteiger partial charge in [-0.2, -0.15) is 0 Å². The van der Waals surface area contributed by atoms with Gasteiger partial charge in [-0.05, 0) is 36.1 Å². The molecule has 1 amide bonds. The van der Waals surface area contributed by atoms with E-state index >= 15 is 0 Å².